The van der Waals surface area contributed by atoms with Gasteiger partial charge in [0, 0.05) is 0 Å². The first kappa shape index (κ1) is 12.6. The molecule has 1 amide bonds. The van der Waals surface area contributed by atoms with Gasteiger partial charge >= 0.3 is 5.97 Å². The molecule has 6 nitrogen and oxygen atoms in total. The van der Waals surface area contributed by atoms with E-state index in [1.165, 1.54) is 0 Å². The van der Waals surface area contributed by atoms with E-state index in [1.807, 2.05) is 6.92 Å². The molecular weight excluding hydrogens is 230 g/mol. The highest BCUT2D eigenvalue weighted by atomic mass is 32.1. The molecule has 1 aromatic rings. The Morgan fingerprint density at radius 2 is 2.19 bits per heavy atom. The zero-order chi connectivity index (χ0) is 12.1. The molecule has 0 atom stereocenters. The van der Waals surface area contributed by atoms with Gasteiger partial charge in [0.2, 0.25) is 5.91 Å². The number of carboxylic acids is 1. The fourth-order valence-electron chi connectivity index (χ4n) is 1.12. The molecule has 0 aliphatic carbocycles. The van der Waals surface area contributed by atoms with Crippen LogP contribution < -0.4 is 10.6 Å². The molecule has 0 unspecified atom stereocenters. The molecule has 0 saturated heterocycles. The van der Waals surface area contributed by atoms with Gasteiger partial charge in [-0.15, -0.1) is 0 Å². The van der Waals surface area contributed by atoms with Crippen molar-refractivity contribution >= 4 is 28.4 Å². The van der Waals surface area contributed by atoms with E-state index in [1.54, 1.807) is 6.92 Å². The van der Waals surface area contributed by atoms with Gasteiger partial charge in [-0.2, -0.15) is 4.37 Å². The lowest BCUT2D eigenvalue weighted by molar-refractivity contribution is -0.115. The van der Waals surface area contributed by atoms with Crippen molar-refractivity contribution in [2.45, 2.75) is 13.8 Å². The summed E-state index contributed by atoms with van der Waals surface area (Å²) >= 11 is 0.976. The number of aromatic carboxylic acids is 1. The zero-order valence-corrected chi connectivity index (χ0v) is 9.85. The Morgan fingerprint density at radius 3 is 2.75 bits per heavy atom. The third-order valence-corrected chi connectivity index (χ3v) is 2.72. The quantitative estimate of drug-likeness (QED) is 0.708. The molecule has 0 radical (unpaired) electrons. The van der Waals surface area contributed by atoms with Crippen molar-refractivity contribution < 1.29 is 14.7 Å². The average molecular weight is 243 g/mol. The van der Waals surface area contributed by atoms with E-state index in [0.29, 0.717) is 12.2 Å². The molecule has 0 fully saturated rings. The van der Waals surface area contributed by atoms with Gasteiger partial charge in [0.25, 0.3) is 0 Å². The normalized spacial score (nSPS) is 10.1. The van der Waals surface area contributed by atoms with Crippen LogP contribution in [-0.4, -0.2) is 34.4 Å². The van der Waals surface area contributed by atoms with Gasteiger partial charge in [0.05, 0.1) is 12.2 Å². The molecule has 16 heavy (non-hydrogen) atoms. The summed E-state index contributed by atoms with van der Waals surface area (Å²) in [6, 6.07) is 0. The number of rotatable bonds is 5. The van der Waals surface area contributed by atoms with Crippen LogP contribution in [0.3, 0.4) is 0 Å². The number of aromatic nitrogens is 1. The monoisotopic (exact) mass is 243 g/mol. The maximum atomic E-state index is 11.4. The maximum Gasteiger partial charge on any atom is 0.340 e. The number of amides is 1. The Bertz CT molecular complexity index is 403. The lowest BCUT2D eigenvalue weighted by Crippen LogP contribution is -2.28. The minimum absolute atomic E-state index is 0.0647. The van der Waals surface area contributed by atoms with Crippen LogP contribution in [0.15, 0.2) is 0 Å². The number of nitrogens with one attached hydrogen (secondary N) is 2. The molecule has 3 N–H and O–H groups in total. The number of hydrogen-bond acceptors (Lipinski definition) is 5. The predicted octanol–water partition coefficient (Wildman–Crippen LogP) is 0.698. The van der Waals surface area contributed by atoms with E-state index in [4.69, 9.17) is 5.11 Å². The second-order valence-corrected chi connectivity index (χ2v) is 3.88. The molecule has 1 aromatic heterocycles. The number of carboxylic acid groups (broad SMARTS) is 1. The molecule has 0 aliphatic rings. The van der Waals surface area contributed by atoms with Gasteiger partial charge in [-0.25, -0.2) is 4.79 Å². The van der Waals surface area contributed by atoms with Gasteiger partial charge in [-0.1, -0.05) is 6.92 Å². The summed E-state index contributed by atoms with van der Waals surface area (Å²) in [6.07, 6.45) is 0. The van der Waals surface area contributed by atoms with Gasteiger partial charge in [-0.05, 0) is 25.0 Å². The lowest BCUT2D eigenvalue weighted by Gasteiger charge is -2.03. The molecule has 0 bridgehead atoms. The summed E-state index contributed by atoms with van der Waals surface area (Å²) in [6.45, 7) is 4.32. The van der Waals surface area contributed by atoms with E-state index in [9.17, 15) is 9.59 Å². The SMILES string of the molecule is CCNCC(=O)Nc1snc(C)c1C(=O)O. The largest absolute Gasteiger partial charge is 0.478 e. The first-order valence-corrected chi connectivity index (χ1v) is 5.53. The summed E-state index contributed by atoms with van der Waals surface area (Å²) < 4.78 is 3.90. The third kappa shape index (κ3) is 3.01. The van der Waals surface area contributed by atoms with Gasteiger partial charge in [0.15, 0.2) is 0 Å². The summed E-state index contributed by atoms with van der Waals surface area (Å²) in [5.41, 5.74) is 0.478. The molecule has 1 heterocycles. The molecule has 7 heteroatoms. The Morgan fingerprint density at radius 1 is 1.50 bits per heavy atom. The van der Waals surface area contributed by atoms with Gasteiger partial charge in [0.1, 0.15) is 10.6 Å². The van der Waals surface area contributed by atoms with Crippen molar-refractivity contribution in [3.8, 4) is 0 Å². The van der Waals surface area contributed by atoms with Crippen molar-refractivity contribution in [2.24, 2.45) is 0 Å². The Labute approximate surface area is 96.8 Å². The number of carbonyl (C=O) groups excluding carboxylic acids is 1. The standard InChI is InChI=1S/C9H13N3O3S/c1-3-10-4-6(13)11-8-7(9(14)15)5(2)12-16-8/h10H,3-4H2,1-2H3,(H,11,13)(H,14,15). The van der Waals surface area contributed by atoms with Crippen molar-refractivity contribution in [2.75, 3.05) is 18.4 Å². The highest BCUT2D eigenvalue weighted by Crippen LogP contribution is 2.24. The molecular formula is C9H13N3O3S. The average Bonchev–Trinajstić information content (AvgIpc) is 2.56. The summed E-state index contributed by atoms with van der Waals surface area (Å²) in [7, 11) is 0. The van der Waals surface area contributed by atoms with Crippen LogP contribution in [0.5, 0.6) is 0 Å². The van der Waals surface area contributed by atoms with Crippen molar-refractivity contribution in [3.63, 3.8) is 0 Å². The first-order valence-electron chi connectivity index (χ1n) is 4.76. The predicted molar refractivity (Wildman–Crippen MR) is 61.0 cm³/mol. The van der Waals surface area contributed by atoms with E-state index in [0.717, 1.165) is 11.5 Å². The number of carbonyl (C=O) groups is 2. The second kappa shape index (κ2) is 5.57. The molecule has 0 aliphatic heterocycles. The van der Waals surface area contributed by atoms with Gasteiger partial charge < -0.3 is 15.7 Å². The fraction of sp³-hybridized carbons (Fsp3) is 0.444. The number of nitrogens with zero attached hydrogens (tertiary/aromatic N) is 1. The van der Waals surface area contributed by atoms with Crippen LogP contribution in [0, 0.1) is 6.92 Å². The number of aryl methyl sites for hydroxylation is 1. The minimum Gasteiger partial charge on any atom is -0.478 e. The Kier molecular flexibility index (Phi) is 4.39. The Balaban J connectivity index is 2.74. The molecule has 0 saturated carbocycles. The Hall–Kier alpha value is -1.47. The highest BCUT2D eigenvalue weighted by molar-refractivity contribution is 7.11. The van der Waals surface area contributed by atoms with E-state index >= 15 is 0 Å². The zero-order valence-electron chi connectivity index (χ0n) is 9.03. The van der Waals surface area contributed by atoms with Crippen LogP contribution in [0.25, 0.3) is 0 Å². The molecule has 1 rings (SSSR count). The van der Waals surface area contributed by atoms with E-state index < -0.39 is 5.97 Å². The van der Waals surface area contributed by atoms with Crippen LogP contribution in [0.2, 0.25) is 0 Å². The summed E-state index contributed by atoms with van der Waals surface area (Å²) in [5.74, 6) is -1.35. The molecule has 88 valence electrons. The second-order valence-electron chi connectivity index (χ2n) is 3.11. The topological polar surface area (TPSA) is 91.3 Å². The van der Waals surface area contributed by atoms with E-state index in [-0.39, 0.29) is 23.0 Å². The maximum absolute atomic E-state index is 11.4. The van der Waals surface area contributed by atoms with Crippen molar-refractivity contribution in [1.29, 1.82) is 0 Å². The number of hydrogen-bond donors (Lipinski definition) is 3. The summed E-state index contributed by atoms with van der Waals surface area (Å²) in [4.78, 5) is 22.3. The van der Waals surface area contributed by atoms with Crippen LogP contribution in [0.1, 0.15) is 23.0 Å². The molecule has 0 aromatic carbocycles. The van der Waals surface area contributed by atoms with Crippen LogP contribution >= 0.6 is 11.5 Å². The highest BCUT2D eigenvalue weighted by Gasteiger charge is 2.18. The summed E-state index contributed by atoms with van der Waals surface area (Å²) in [5, 5.41) is 14.6. The van der Waals surface area contributed by atoms with E-state index in [2.05, 4.69) is 15.0 Å². The van der Waals surface area contributed by atoms with Crippen molar-refractivity contribution in [3.05, 3.63) is 11.3 Å². The lowest BCUT2D eigenvalue weighted by atomic mass is 10.2. The van der Waals surface area contributed by atoms with Crippen LogP contribution in [0.4, 0.5) is 5.00 Å². The number of likely N-dealkylation sites (N-methyl/N-ethyl adjacent to an activating group) is 1. The smallest absolute Gasteiger partial charge is 0.340 e. The van der Waals surface area contributed by atoms with Crippen molar-refractivity contribution in [1.82, 2.24) is 9.69 Å². The molecule has 0 spiro atoms. The van der Waals surface area contributed by atoms with Crippen LogP contribution in [-0.2, 0) is 4.79 Å². The third-order valence-electron chi connectivity index (χ3n) is 1.87. The minimum atomic E-state index is -1.08. The fourth-order valence-corrected chi connectivity index (χ4v) is 1.92. The first-order chi connectivity index (χ1) is 7.56. The van der Waals surface area contributed by atoms with Gasteiger partial charge in [-0.3, -0.25) is 4.79 Å². The number of anilines is 1.